The summed E-state index contributed by atoms with van der Waals surface area (Å²) in [5.41, 5.74) is 5.31. The van der Waals surface area contributed by atoms with Crippen LogP contribution in [0.2, 0.25) is 0 Å². The number of nitrogens with two attached hydrogens (primary N) is 1. The Morgan fingerprint density at radius 1 is 1.50 bits per heavy atom. The fourth-order valence-electron chi connectivity index (χ4n) is 1.41. The molecule has 108 valence electrons. The van der Waals surface area contributed by atoms with Crippen LogP contribution in [0, 0.1) is 5.82 Å². The van der Waals surface area contributed by atoms with E-state index < -0.39 is 23.9 Å². The maximum atomic E-state index is 13.2. The Balaban J connectivity index is 2.99. The van der Waals surface area contributed by atoms with Crippen molar-refractivity contribution in [2.45, 2.75) is 20.0 Å². The van der Waals surface area contributed by atoms with Crippen LogP contribution < -0.4 is 15.8 Å². The van der Waals surface area contributed by atoms with Crippen LogP contribution in [0.1, 0.15) is 19.4 Å². The highest BCUT2D eigenvalue weighted by Crippen LogP contribution is 2.22. The SMILES string of the molecule is CC(=NO)c1ccc(F)cc1OC(C)C(=O)NC(N)=O. The molecule has 1 atom stereocenters. The number of nitrogens with zero attached hydrogens (tertiary/aromatic N) is 1. The number of imide groups is 1. The van der Waals surface area contributed by atoms with Crippen LogP contribution in [0.15, 0.2) is 23.4 Å². The van der Waals surface area contributed by atoms with Gasteiger partial charge in [0.1, 0.15) is 11.6 Å². The molecule has 0 fully saturated rings. The molecular weight excluding hydrogens is 269 g/mol. The second-order valence-electron chi connectivity index (χ2n) is 3.94. The van der Waals surface area contributed by atoms with Crippen molar-refractivity contribution >= 4 is 17.6 Å². The minimum atomic E-state index is -1.09. The Morgan fingerprint density at radius 2 is 2.15 bits per heavy atom. The number of carbonyl (C=O) groups is 2. The molecule has 0 radical (unpaired) electrons. The summed E-state index contributed by atoms with van der Waals surface area (Å²) in [6.45, 7) is 2.84. The van der Waals surface area contributed by atoms with Gasteiger partial charge in [0.25, 0.3) is 5.91 Å². The van der Waals surface area contributed by atoms with Crippen LogP contribution in [0.3, 0.4) is 0 Å². The molecule has 20 heavy (non-hydrogen) atoms. The maximum absolute atomic E-state index is 13.2. The van der Waals surface area contributed by atoms with Gasteiger partial charge in [0.05, 0.1) is 5.71 Å². The molecule has 0 aromatic heterocycles. The smallest absolute Gasteiger partial charge is 0.318 e. The van der Waals surface area contributed by atoms with Crippen LogP contribution >= 0.6 is 0 Å². The Hall–Kier alpha value is -2.64. The Labute approximate surface area is 114 Å². The minimum absolute atomic E-state index is 0.00687. The maximum Gasteiger partial charge on any atom is 0.318 e. The van der Waals surface area contributed by atoms with Gasteiger partial charge in [0.2, 0.25) is 0 Å². The number of rotatable bonds is 4. The first-order valence-corrected chi connectivity index (χ1v) is 5.60. The molecule has 7 nitrogen and oxygen atoms in total. The van der Waals surface area contributed by atoms with E-state index in [9.17, 15) is 14.0 Å². The molecule has 8 heteroatoms. The van der Waals surface area contributed by atoms with Crippen LogP contribution in [-0.4, -0.2) is 29.0 Å². The lowest BCUT2D eigenvalue weighted by atomic mass is 10.1. The normalized spacial score (nSPS) is 12.7. The van der Waals surface area contributed by atoms with Gasteiger partial charge in [-0.2, -0.15) is 0 Å². The number of hydrogen-bond donors (Lipinski definition) is 3. The lowest BCUT2D eigenvalue weighted by Gasteiger charge is -2.16. The first kappa shape index (κ1) is 15.4. The number of nitrogens with one attached hydrogen (secondary N) is 1. The molecule has 0 bridgehead atoms. The number of benzene rings is 1. The number of carbonyl (C=O) groups excluding carboxylic acids is 2. The van der Waals surface area contributed by atoms with E-state index in [0.29, 0.717) is 5.56 Å². The molecule has 4 N–H and O–H groups in total. The quantitative estimate of drug-likeness (QED) is 0.434. The van der Waals surface area contributed by atoms with Crippen molar-refractivity contribution in [1.82, 2.24) is 5.32 Å². The van der Waals surface area contributed by atoms with Crippen molar-refractivity contribution in [3.63, 3.8) is 0 Å². The lowest BCUT2D eigenvalue weighted by molar-refractivity contribution is -0.126. The summed E-state index contributed by atoms with van der Waals surface area (Å²) in [5.74, 6) is -1.35. The van der Waals surface area contributed by atoms with Crippen LogP contribution in [-0.2, 0) is 4.79 Å². The third kappa shape index (κ3) is 3.94. The molecule has 0 aliphatic carbocycles. The third-order valence-electron chi connectivity index (χ3n) is 2.40. The summed E-state index contributed by atoms with van der Waals surface area (Å²) in [6, 6.07) is 2.53. The largest absolute Gasteiger partial charge is 0.480 e. The Kier molecular flexibility index (Phi) is 5.01. The van der Waals surface area contributed by atoms with Crippen LogP contribution in [0.5, 0.6) is 5.75 Å². The average molecular weight is 283 g/mol. The van der Waals surface area contributed by atoms with E-state index >= 15 is 0 Å². The minimum Gasteiger partial charge on any atom is -0.480 e. The molecule has 1 unspecified atom stereocenters. The fourth-order valence-corrected chi connectivity index (χ4v) is 1.41. The topological polar surface area (TPSA) is 114 Å². The highest BCUT2D eigenvalue weighted by molar-refractivity contribution is 6.01. The summed E-state index contributed by atoms with van der Waals surface area (Å²) in [4.78, 5) is 22.0. The summed E-state index contributed by atoms with van der Waals surface area (Å²) >= 11 is 0. The van der Waals surface area contributed by atoms with Crippen molar-refractivity contribution in [3.05, 3.63) is 29.6 Å². The second kappa shape index (κ2) is 6.50. The molecule has 0 spiro atoms. The zero-order chi connectivity index (χ0) is 15.3. The molecule has 0 saturated carbocycles. The van der Waals surface area contributed by atoms with E-state index in [2.05, 4.69) is 5.16 Å². The zero-order valence-corrected chi connectivity index (χ0v) is 10.9. The third-order valence-corrected chi connectivity index (χ3v) is 2.40. The summed E-state index contributed by atoms with van der Waals surface area (Å²) in [7, 11) is 0. The van der Waals surface area contributed by atoms with Gasteiger partial charge in [-0.3, -0.25) is 10.1 Å². The van der Waals surface area contributed by atoms with Crippen molar-refractivity contribution in [3.8, 4) is 5.75 Å². The molecule has 3 amide bonds. The fraction of sp³-hybridized carbons (Fsp3) is 0.250. The Morgan fingerprint density at radius 3 is 2.70 bits per heavy atom. The molecule has 1 aromatic rings. The van der Waals surface area contributed by atoms with Crippen molar-refractivity contribution in [2.75, 3.05) is 0 Å². The molecule has 0 aliphatic heterocycles. The van der Waals surface area contributed by atoms with Crippen molar-refractivity contribution < 1.29 is 23.9 Å². The second-order valence-corrected chi connectivity index (χ2v) is 3.94. The number of halogens is 1. The number of primary amides is 1. The van der Waals surface area contributed by atoms with Gasteiger partial charge in [0, 0.05) is 11.6 Å². The summed E-state index contributed by atoms with van der Waals surface area (Å²) < 4.78 is 18.5. The van der Waals surface area contributed by atoms with Gasteiger partial charge in [-0.25, -0.2) is 9.18 Å². The van der Waals surface area contributed by atoms with Gasteiger partial charge < -0.3 is 15.7 Å². The number of hydrogen-bond acceptors (Lipinski definition) is 5. The highest BCUT2D eigenvalue weighted by Gasteiger charge is 2.19. The molecular formula is C12H14FN3O4. The molecule has 0 saturated heterocycles. The molecule has 0 aliphatic rings. The van der Waals surface area contributed by atoms with Crippen molar-refractivity contribution in [1.29, 1.82) is 0 Å². The van der Waals surface area contributed by atoms with E-state index in [4.69, 9.17) is 15.7 Å². The highest BCUT2D eigenvalue weighted by atomic mass is 19.1. The monoisotopic (exact) mass is 283 g/mol. The van der Waals surface area contributed by atoms with Gasteiger partial charge in [-0.15, -0.1) is 0 Å². The number of urea groups is 1. The van der Waals surface area contributed by atoms with Gasteiger partial charge in [-0.05, 0) is 26.0 Å². The molecule has 1 rings (SSSR count). The lowest BCUT2D eigenvalue weighted by Crippen LogP contribution is -2.42. The van der Waals surface area contributed by atoms with E-state index in [-0.39, 0.29) is 11.5 Å². The zero-order valence-electron chi connectivity index (χ0n) is 10.9. The van der Waals surface area contributed by atoms with Crippen LogP contribution in [0.4, 0.5) is 9.18 Å². The predicted octanol–water partition coefficient (Wildman–Crippen LogP) is 0.986. The molecule has 1 aromatic carbocycles. The standard InChI is InChI=1S/C12H14FN3O4/c1-6(16-19)9-4-3-8(13)5-10(9)20-7(2)11(17)15-12(14)18/h3-5,7,19H,1-2H3,(H3,14,15,17,18). The number of oxime groups is 1. The summed E-state index contributed by atoms with van der Waals surface area (Å²) in [5, 5.41) is 13.6. The average Bonchev–Trinajstić information content (AvgIpc) is 2.37. The van der Waals surface area contributed by atoms with Crippen LogP contribution in [0.25, 0.3) is 0 Å². The predicted molar refractivity (Wildman–Crippen MR) is 68.2 cm³/mol. The first-order chi connectivity index (χ1) is 9.35. The van der Waals surface area contributed by atoms with E-state index in [1.54, 1.807) is 0 Å². The molecule has 0 heterocycles. The van der Waals surface area contributed by atoms with Gasteiger partial charge >= 0.3 is 6.03 Å². The number of amides is 3. The van der Waals surface area contributed by atoms with E-state index in [1.165, 1.54) is 19.9 Å². The van der Waals surface area contributed by atoms with Crippen molar-refractivity contribution in [2.24, 2.45) is 10.9 Å². The van der Waals surface area contributed by atoms with Gasteiger partial charge in [0.15, 0.2) is 6.10 Å². The number of ether oxygens (including phenoxy) is 1. The van der Waals surface area contributed by atoms with E-state index in [0.717, 1.165) is 12.1 Å². The Bertz CT molecular complexity index is 560. The first-order valence-electron chi connectivity index (χ1n) is 5.60. The van der Waals surface area contributed by atoms with E-state index in [1.807, 2.05) is 5.32 Å². The summed E-state index contributed by atoms with van der Waals surface area (Å²) in [6.07, 6.45) is -1.09. The van der Waals surface area contributed by atoms with Gasteiger partial charge in [-0.1, -0.05) is 5.16 Å².